The fraction of sp³-hybridized carbons (Fsp3) is 0.938. The van der Waals surface area contributed by atoms with Crippen molar-refractivity contribution in [2.75, 3.05) is 13.2 Å². The summed E-state index contributed by atoms with van der Waals surface area (Å²) in [4.78, 5) is 11.6. The second-order valence-electron chi connectivity index (χ2n) is 6.22. The third-order valence-electron chi connectivity index (χ3n) is 4.67. The van der Waals surface area contributed by atoms with Crippen molar-refractivity contribution in [2.45, 2.75) is 71.3 Å². The number of aliphatic carboxylic acids is 1. The number of hydrogen-bond acceptors (Lipinski definition) is 3. The Morgan fingerprint density at radius 2 is 2.00 bits per heavy atom. The molecule has 1 aliphatic carbocycles. The van der Waals surface area contributed by atoms with Gasteiger partial charge in [-0.1, -0.05) is 26.7 Å². The van der Waals surface area contributed by atoms with Gasteiger partial charge < -0.3 is 14.9 Å². The second-order valence-corrected chi connectivity index (χ2v) is 6.22. The van der Waals surface area contributed by atoms with Crippen LogP contribution in [0.3, 0.4) is 0 Å². The molecule has 4 heteroatoms. The van der Waals surface area contributed by atoms with E-state index >= 15 is 0 Å². The van der Waals surface area contributed by atoms with Crippen molar-refractivity contribution in [1.82, 2.24) is 0 Å². The van der Waals surface area contributed by atoms with E-state index in [1.807, 2.05) is 0 Å². The van der Waals surface area contributed by atoms with E-state index in [0.717, 1.165) is 32.1 Å². The number of hydrogen-bond donors (Lipinski definition) is 2. The standard InChI is InChI=1S/C16H30O4/c1-3-5-10-20-12-14(17)11-16(15(18)19)8-6-13(4-2)7-9-16/h13-14,17H,3-12H2,1-2H3,(H,18,19). The summed E-state index contributed by atoms with van der Waals surface area (Å²) in [5, 5.41) is 19.6. The van der Waals surface area contributed by atoms with Crippen LogP contribution in [0.2, 0.25) is 0 Å². The molecule has 1 aliphatic rings. The van der Waals surface area contributed by atoms with Gasteiger partial charge in [0.25, 0.3) is 0 Å². The molecular weight excluding hydrogens is 256 g/mol. The molecule has 0 aromatic carbocycles. The van der Waals surface area contributed by atoms with Crippen LogP contribution < -0.4 is 0 Å². The van der Waals surface area contributed by atoms with E-state index in [0.29, 0.717) is 31.8 Å². The van der Waals surface area contributed by atoms with Crippen LogP contribution in [0, 0.1) is 11.3 Å². The smallest absolute Gasteiger partial charge is 0.309 e. The number of carbonyl (C=O) groups is 1. The maximum atomic E-state index is 11.6. The molecule has 1 unspecified atom stereocenters. The van der Waals surface area contributed by atoms with E-state index in [2.05, 4.69) is 13.8 Å². The zero-order valence-electron chi connectivity index (χ0n) is 12.9. The molecule has 0 aromatic heterocycles. The molecule has 0 bridgehead atoms. The van der Waals surface area contributed by atoms with Gasteiger partial charge in [0.05, 0.1) is 18.1 Å². The first-order chi connectivity index (χ1) is 9.54. The van der Waals surface area contributed by atoms with Gasteiger partial charge in [0, 0.05) is 6.61 Å². The summed E-state index contributed by atoms with van der Waals surface area (Å²) in [6.07, 6.45) is 6.13. The van der Waals surface area contributed by atoms with Crippen molar-refractivity contribution < 1.29 is 19.7 Å². The highest BCUT2D eigenvalue weighted by Gasteiger charge is 2.42. The van der Waals surface area contributed by atoms with Crippen LogP contribution >= 0.6 is 0 Å². The van der Waals surface area contributed by atoms with Crippen LogP contribution in [0.25, 0.3) is 0 Å². The lowest BCUT2D eigenvalue weighted by Crippen LogP contribution is -2.39. The highest BCUT2D eigenvalue weighted by molar-refractivity contribution is 5.74. The Morgan fingerprint density at radius 3 is 2.50 bits per heavy atom. The summed E-state index contributed by atoms with van der Waals surface area (Å²) in [7, 11) is 0. The quantitative estimate of drug-likeness (QED) is 0.639. The molecule has 0 heterocycles. The number of rotatable bonds is 9. The van der Waals surface area contributed by atoms with Crippen molar-refractivity contribution in [3.05, 3.63) is 0 Å². The molecule has 0 saturated heterocycles. The van der Waals surface area contributed by atoms with E-state index in [4.69, 9.17) is 4.74 Å². The fourth-order valence-electron chi connectivity index (χ4n) is 3.12. The van der Waals surface area contributed by atoms with Crippen molar-refractivity contribution in [2.24, 2.45) is 11.3 Å². The lowest BCUT2D eigenvalue weighted by Gasteiger charge is -2.37. The molecule has 0 spiro atoms. The van der Waals surface area contributed by atoms with Crippen LogP contribution in [-0.2, 0) is 9.53 Å². The summed E-state index contributed by atoms with van der Waals surface area (Å²) in [5.41, 5.74) is -0.737. The molecule has 0 aliphatic heterocycles. The van der Waals surface area contributed by atoms with Gasteiger partial charge in [-0.05, 0) is 44.4 Å². The summed E-state index contributed by atoms with van der Waals surface area (Å²) in [5.74, 6) is -0.0971. The van der Waals surface area contributed by atoms with Gasteiger partial charge in [-0.25, -0.2) is 0 Å². The molecule has 1 rings (SSSR count). The zero-order valence-corrected chi connectivity index (χ0v) is 12.9. The minimum atomic E-state index is -0.750. The van der Waals surface area contributed by atoms with Crippen molar-refractivity contribution in [3.63, 3.8) is 0 Å². The molecule has 0 aromatic rings. The van der Waals surface area contributed by atoms with Gasteiger partial charge in [-0.2, -0.15) is 0 Å². The number of aliphatic hydroxyl groups is 1. The topological polar surface area (TPSA) is 66.8 Å². The summed E-state index contributed by atoms with van der Waals surface area (Å²) in [6, 6.07) is 0. The van der Waals surface area contributed by atoms with Gasteiger partial charge in [-0.15, -0.1) is 0 Å². The van der Waals surface area contributed by atoms with Gasteiger partial charge in [0.2, 0.25) is 0 Å². The Morgan fingerprint density at radius 1 is 1.35 bits per heavy atom. The van der Waals surface area contributed by atoms with Gasteiger partial charge in [0.15, 0.2) is 0 Å². The third-order valence-corrected chi connectivity index (χ3v) is 4.67. The van der Waals surface area contributed by atoms with Gasteiger partial charge >= 0.3 is 5.97 Å². The molecular formula is C16H30O4. The molecule has 118 valence electrons. The Bertz CT molecular complexity index is 282. The van der Waals surface area contributed by atoms with Gasteiger partial charge in [0.1, 0.15) is 0 Å². The predicted molar refractivity (Wildman–Crippen MR) is 78.7 cm³/mol. The molecule has 2 N–H and O–H groups in total. The van der Waals surface area contributed by atoms with Crippen molar-refractivity contribution >= 4 is 5.97 Å². The number of unbranched alkanes of at least 4 members (excludes halogenated alkanes) is 1. The van der Waals surface area contributed by atoms with E-state index in [1.54, 1.807) is 0 Å². The SMILES string of the molecule is CCCCOCC(O)CC1(C(=O)O)CCC(CC)CC1. The first kappa shape index (κ1) is 17.4. The minimum absolute atomic E-state index is 0.256. The largest absolute Gasteiger partial charge is 0.481 e. The Labute approximate surface area is 122 Å². The van der Waals surface area contributed by atoms with E-state index in [-0.39, 0.29) is 6.61 Å². The van der Waals surface area contributed by atoms with Crippen LogP contribution in [0.5, 0.6) is 0 Å². The maximum absolute atomic E-state index is 11.6. The Kier molecular flexibility index (Phi) is 7.52. The first-order valence-electron chi connectivity index (χ1n) is 8.03. The fourth-order valence-corrected chi connectivity index (χ4v) is 3.12. The number of ether oxygens (including phenoxy) is 1. The molecule has 20 heavy (non-hydrogen) atoms. The lowest BCUT2D eigenvalue weighted by atomic mass is 9.67. The van der Waals surface area contributed by atoms with E-state index in [9.17, 15) is 15.0 Å². The molecule has 1 saturated carbocycles. The van der Waals surface area contributed by atoms with Crippen LogP contribution in [0.1, 0.15) is 65.2 Å². The average Bonchev–Trinajstić information content (AvgIpc) is 2.44. The Balaban J connectivity index is 2.44. The summed E-state index contributed by atoms with van der Waals surface area (Å²) < 4.78 is 5.40. The molecule has 1 atom stereocenters. The van der Waals surface area contributed by atoms with Crippen LogP contribution in [0.4, 0.5) is 0 Å². The highest BCUT2D eigenvalue weighted by atomic mass is 16.5. The zero-order chi connectivity index (χ0) is 15.0. The average molecular weight is 286 g/mol. The summed E-state index contributed by atoms with van der Waals surface area (Å²) >= 11 is 0. The first-order valence-corrected chi connectivity index (χ1v) is 8.03. The molecule has 0 radical (unpaired) electrons. The van der Waals surface area contributed by atoms with E-state index in [1.165, 1.54) is 0 Å². The van der Waals surface area contributed by atoms with Crippen molar-refractivity contribution in [3.8, 4) is 0 Å². The number of carboxylic acid groups (broad SMARTS) is 1. The van der Waals surface area contributed by atoms with Gasteiger partial charge in [-0.3, -0.25) is 4.79 Å². The maximum Gasteiger partial charge on any atom is 0.309 e. The lowest BCUT2D eigenvalue weighted by molar-refractivity contribution is -0.155. The number of carboxylic acids is 1. The Hall–Kier alpha value is -0.610. The van der Waals surface area contributed by atoms with Crippen LogP contribution in [0.15, 0.2) is 0 Å². The van der Waals surface area contributed by atoms with Crippen LogP contribution in [-0.4, -0.2) is 35.5 Å². The highest BCUT2D eigenvalue weighted by Crippen LogP contribution is 2.43. The molecule has 0 amide bonds. The second kappa shape index (κ2) is 8.63. The summed E-state index contributed by atoms with van der Waals surface area (Å²) in [6.45, 7) is 5.15. The minimum Gasteiger partial charge on any atom is -0.481 e. The van der Waals surface area contributed by atoms with Crippen molar-refractivity contribution in [1.29, 1.82) is 0 Å². The molecule has 4 nitrogen and oxygen atoms in total. The molecule has 1 fully saturated rings. The number of aliphatic hydroxyl groups excluding tert-OH is 1. The van der Waals surface area contributed by atoms with E-state index < -0.39 is 17.5 Å². The monoisotopic (exact) mass is 286 g/mol. The third kappa shape index (κ3) is 5.06. The normalized spacial score (nSPS) is 28.2. The predicted octanol–water partition coefficient (Wildman–Crippen LogP) is 3.23.